The number of rotatable bonds is 7. The predicted molar refractivity (Wildman–Crippen MR) is 78.9 cm³/mol. The van der Waals surface area contributed by atoms with Gasteiger partial charge in [0.1, 0.15) is 0 Å². The van der Waals surface area contributed by atoms with E-state index in [4.69, 9.17) is 0 Å². The van der Waals surface area contributed by atoms with Gasteiger partial charge in [0.05, 0.1) is 6.54 Å². The van der Waals surface area contributed by atoms with Crippen molar-refractivity contribution in [2.24, 2.45) is 23.7 Å². The highest BCUT2D eigenvalue weighted by Crippen LogP contribution is 2.49. The first-order chi connectivity index (χ1) is 9.06. The average molecular weight is 266 g/mol. The van der Waals surface area contributed by atoms with E-state index in [0.29, 0.717) is 18.5 Å². The minimum atomic E-state index is 0.149. The second-order valence-corrected chi connectivity index (χ2v) is 7.04. The van der Waals surface area contributed by atoms with E-state index in [1.54, 1.807) is 0 Å². The molecule has 2 fully saturated rings. The van der Waals surface area contributed by atoms with Crippen LogP contribution in [0.15, 0.2) is 0 Å². The van der Waals surface area contributed by atoms with E-state index in [-0.39, 0.29) is 5.91 Å². The van der Waals surface area contributed by atoms with Crippen LogP contribution in [-0.2, 0) is 4.79 Å². The van der Waals surface area contributed by atoms with E-state index in [1.807, 2.05) is 0 Å². The normalized spacial score (nSPS) is 30.8. The molecule has 19 heavy (non-hydrogen) atoms. The average Bonchev–Trinajstić information content (AvgIpc) is 2.97. The van der Waals surface area contributed by atoms with E-state index >= 15 is 0 Å². The van der Waals surface area contributed by atoms with Crippen molar-refractivity contribution in [3.05, 3.63) is 0 Å². The molecule has 2 aliphatic rings. The summed E-state index contributed by atoms with van der Waals surface area (Å²) in [6.07, 6.45) is 6.75. The highest BCUT2D eigenvalue weighted by molar-refractivity contribution is 5.77. The van der Waals surface area contributed by atoms with Crippen LogP contribution in [0.25, 0.3) is 0 Å². The lowest BCUT2D eigenvalue weighted by Gasteiger charge is -2.28. The van der Waals surface area contributed by atoms with Crippen LogP contribution in [0.5, 0.6) is 0 Å². The Hall–Kier alpha value is -0.570. The third kappa shape index (κ3) is 4.20. The molecule has 2 saturated carbocycles. The predicted octanol–water partition coefficient (Wildman–Crippen LogP) is 2.56. The van der Waals surface area contributed by atoms with Gasteiger partial charge in [0.2, 0.25) is 5.91 Å². The van der Waals surface area contributed by atoms with Crippen LogP contribution < -0.4 is 10.6 Å². The molecule has 0 aromatic rings. The minimum absolute atomic E-state index is 0.149. The molecule has 2 bridgehead atoms. The van der Waals surface area contributed by atoms with Gasteiger partial charge >= 0.3 is 0 Å². The molecule has 0 aromatic carbocycles. The van der Waals surface area contributed by atoms with Gasteiger partial charge in [0, 0.05) is 12.6 Å². The van der Waals surface area contributed by atoms with Crippen molar-refractivity contribution in [3.8, 4) is 0 Å². The Kier molecular flexibility index (Phi) is 5.26. The SMILES string of the molecule is CC(C)CCNC(=O)CNC(C)C1CC2CCC1C2. The van der Waals surface area contributed by atoms with Crippen LogP contribution in [0.2, 0.25) is 0 Å². The molecule has 2 rings (SSSR count). The summed E-state index contributed by atoms with van der Waals surface area (Å²) < 4.78 is 0. The van der Waals surface area contributed by atoms with Gasteiger partial charge in [-0.25, -0.2) is 0 Å². The number of carbonyl (C=O) groups excluding carboxylic acids is 1. The summed E-state index contributed by atoms with van der Waals surface area (Å²) >= 11 is 0. The summed E-state index contributed by atoms with van der Waals surface area (Å²) in [6, 6.07) is 0.492. The Bertz CT molecular complexity index is 303. The Balaban J connectivity index is 1.61. The van der Waals surface area contributed by atoms with Crippen molar-refractivity contribution >= 4 is 5.91 Å². The Morgan fingerprint density at radius 2 is 2.00 bits per heavy atom. The first-order valence-electron chi connectivity index (χ1n) is 8.06. The van der Waals surface area contributed by atoms with Crippen molar-refractivity contribution in [2.45, 2.75) is 58.9 Å². The molecule has 2 aliphatic carbocycles. The van der Waals surface area contributed by atoms with Crippen LogP contribution in [0, 0.1) is 23.7 Å². The van der Waals surface area contributed by atoms with Crippen LogP contribution in [0.4, 0.5) is 0 Å². The Morgan fingerprint density at radius 3 is 2.58 bits per heavy atom. The molecule has 110 valence electrons. The first-order valence-corrected chi connectivity index (χ1v) is 8.06. The first kappa shape index (κ1) is 14.8. The van der Waals surface area contributed by atoms with Crippen LogP contribution in [-0.4, -0.2) is 25.0 Å². The molecule has 0 aliphatic heterocycles. The molecule has 0 radical (unpaired) electrons. The summed E-state index contributed by atoms with van der Waals surface area (Å²) in [5, 5.41) is 6.43. The van der Waals surface area contributed by atoms with E-state index < -0.39 is 0 Å². The number of nitrogens with one attached hydrogen (secondary N) is 2. The van der Waals surface area contributed by atoms with Gasteiger partial charge in [-0.1, -0.05) is 20.3 Å². The number of hydrogen-bond acceptors (Lipinski definition) is 2. The lowest BCUT2D eigenvalue weighted by atomic mass is 9.84. The number of hydrogen-bond donors (Lipinski definition) is 2. The summed E-state index contributed by atoms with van der Waals surface area (Å²) in [7, 11) is 0. The Morgan fingerprint density at radius 1 is 1.21 bits per heavy atom. The van der Waals surface area contributed by atoms with Crippen molar-refractivity contribution < 1.29 is 4.79 Å². The molecule has 3 heteroatoms. The van der Waals surface area contributed by atoms with E-state index in [0.717, 1.165) is 30.7 Å². The van der Waals surface area contributed by atoms with Gasteiger partial charge in [0.25, 0.3) is 0 Å². The molecule has 4 unspecified atom stereocenters. The molecule has 2 N–H and O–H groups in total. The smallest absolute Gasteiger partial charge is 0.233 e. The minimum Gasteiger partial charge on any atom is -0.355 e. The summed E-state index contributed by atoms with van der Waals surface area (Å²) in [5.41, 5.74) is 0. The van der Waals surface area contributed by atoms with Gasteiger partial charge in [-0.05, 0) is 56.3 Å². The zero-order valence-corrected chi connectivity index (χ0v) is 12.7. The highest BCUT2D eigenvalue weighted by atomic mass is 16.1. The van der Waals surface area contributed by atoms with E-state index in [1.165, 1.54) is 25.7 Å². The van der Waals surface area contributed by atoms with Crippen LogP contribution >= 0.6 is 0 Å². The van der Waals surface area contributed by atoms with Crippen molar-refractivity contribution in [1.82, 2.24) is 10.6 Å². The third-order valence-electron chi connectivity index (χ3n) is 5.06. The Labute approximate surface area is 117 Å². The lowest BCUT2D eigenvalue weighted by Crippen LogP contribution is -2.42. The third-order valence-corrected chi connectivity index (χ3v) is 5.06. The van der Waals surface area contributed by atoms with Gasteiger partial charge in [-0.15, -0.1) is 0 Å². The van der Waals surface area contributed by atoms with Gasteiger partial charge in [-0.2, -0.15) is 0 Å². The second kappa shape index (κ2) is 6.74. The topological polar surface area (TPSA) is 41.1 Å². The van der Waals surface area contributed by atoms with Crippen molar-refractivity contribution in [3.63, 3.8) is 0 Å². The van der Waals surface area contributed by atoms with E-state index in [9.17, 15) is 4.79 Å². The maximum atomic E-state index is 11.7. The van der Waals surface area contributed by atoms with Crippen LogP contribution in [0.3, 0.4) is 0 Å². The summed E-state index contributed by atoms with van der Waals surface area (Å²) in [6.45, 7) is 7.91. The van der Waals surface area contributed by atoms with Crippen LogP contribution in [0.1, 0.15) is 52.9 Å². The largest absolute Gasteiger partial charge is 0.355 e. The fourth-order valence-corrected chi connectivity index (χ4v) is 3.87. The lowest BCUT2D eigenvalue weighted by molar-refractivity contribution is -0.120. The molecule has 1 amide bonds. The van der Waals surface area contributed by atoms with Crippen molar-refractivity contribution in [2.75, 3.05) is 13.1 Å². The number of amides is 1. The molecule has 4 atom stereocenters. The standard InChI is InChI=1S/C16H30N2O/c1-11(2)6-7-17-16(19)10-18-12(3)15-9-13-4-5-14(15)8-13/h11-15,18H,4-10H2,1-3H3,(H,17,19). The molecule has 3 nitrogen and oxygen atoms in total. The van der Waals surface area contributed by atoms with Gasteiger partial charge in [0.15, 0.2) is 0 Å². The number of carbonyl (C=O) groups is 1. The fraction of sp³-hybridized carbons (Fsp3) is 0.938. The second-order valence-electron chi connectivity index (χ2n) is 7.04. The molecule has 0 heterocycles. The molecule has 0 spiro atoms. The zero-order chi connectivity index (χ0) is 13.8. The fourth-order valence-electron chi connectivity index (χ4n) is 3.87. The molecular formula is C16H30N2O. The van der Waals surface area contributed by atoms with Gasteiger partial charge < -0.3 is 10.6 Å². The van der Waals surface area contributed by atoms with Gasteiger partial charge in [-0.3, -0.25) is 4.79 Å². The molecular weight excluding hydrogens is 236 g/mol. The van der Waals surface area contributed by atoms with E-state index in [2.05, 4.69) is 31.4 Å². The zero-order valence-electron chi connectivity index (χ0n) is 12.7. The maximum Gasteiger partial charge on any atom is 0.233 e. The monoisotopic (exact) mass is 266 g/mol. The summed E-state index contributed by atoms with van der Waals surface area (Å²) in [4.78, 5) is 11.7. The van der Waals surface area contributed by atoms with Crippen molar-refractivity contribution in [1.29, 1.82) is 0 Å². The molecule has 0 aromatic heterocycles. The number of fused-ring (bicyclic) bond motifs is 2. The molecule has 0 saturated heterocycles. The summed E-state index contributed by atoms with van der Waals surface area (Å²) in [5.74, 6) is 3.52. The highest BCUT2D eigenvalue weighted by Gasteiger charge is 2.41. The maximum absolute atomic E-state index is 11.7. The quantitative estimate of drug-likeness (QED) is 0.743.